The van der Waals surface area contributed by atoms with Gasteiger partial charge in [0, 0.05) is 25.3 Å². The number of ether oxygens (including phenoxy) is 1. The number of hydrogen-bond acceptors (Lipinski definition) is 5. The fourth-order valence-electron chi connectivity index (χ4n) is 2.08. The number of anilines is 1. The Kier molecular flexibility index (Phi) is 5.43. The number of sulfonamides is 1. The standard InChI is InChI=1S/C17H18N2O5S/c1-19(2)16(20)12-7-9-15(10-8-12)25(22,23)18-14-6-4-5-13(11-14)17(21)24-3/h4-11,18H,1-3H3. The molecule has 0 aliphatic rings. The molecule has 0 aliphatic carbocycles. The summed E-state index contributed by atoms with van der Waals surface area (Å²) in [6.45, 7) is 0. The van der Waals surface area contributed by atoms with Gasteiger partial charge in [-0.05, 0) is 42.5 Å². The highest BCUT2D eigenvalue weighted by Gasteiger charge is 2.16. The fraction of sp³-hybridized carbons (Fsp3) is 0.176. The fourth-order valence-corrected chi connectivity index (χ4v) is 3.13. The number of benzene rings is 2. The first-order chi connectivity index (χ1) is 11.7. The van der Waals surface area contributed by atoms with Crippen molar-refractivity contribution in [2.24, 2.45) is 0 Å². The van der Waals surface area contributed by atoms with Gasteiger partial charge in [0.25, 0.3) is 15.9 Å². The first-order valence-corrected chi connectivity index (χ1v) is 8.76. The average Bonchev–Trinajstić information content (AvgIpc) is 2.60. The molecule has 0 fully saturated rings. The third-order valence-corrected chi connectivity index (χ3v) is 4.75. The van der Waals surface area contributed by atoms with Crippen LogP contribution >= 0.6 is 0 Å². The van der Waals surface area contributed by atoms with Gasteiger partial charge in [-0.3, -0.25) is 9.52 Å². The molecule has 0 spiro atoms. The first-order valence-electron chi connectivity index (χ1n) is 7.27. The number of hydrogen-bond donors (Lipinski definition) is 1. The van der Waals surface area contributed by atoms with E-state index in [4.69, 9.17) is 0 Å². The largest absolute Gasteiger partial charge is 0.465 e. The Bertz CT molecular complexity index is 890. The number of nitrogens with zero attached hydrogens (tertiary/aromatic N) is 1. The molecule has 0 saturated carbocycles. The molecule has 7 nitrogen and oxygen atoms in total. The lowest BCUT2D eigenvalue weighted by atomic mass is 10.2. The third-order valence-electron chi connectivity index (χ3n) is 3.35. The van der Waals surface area contributed by atoms with Crippen LogP contribution in [0.4, 0.5) is 5.69 Å². The zero-order valence-corrected chi connectivity index (χ0v) is 14.8. The Morgan fingerprint density at radius 1 is 1.00 bits per heavy atom. The highest BCUT2D eigenvalue weighted by molar-refractivity contribution is 7.92. The number of methoxy groups -OCH3 is 1. The summed E-state index contributed by atoms with van der Waals surface area (Å²) in [6, 6.07) is 11.6. The molecule has 2 aromatic carbocycles. The van der Waals surface area contributed by atoms with Gasteiger partial charge in [-0.25, -0.2) is 13.2 Å². The molecular formula is C17H18N2O5S. The van der Waals surface area contributed by atoms with E-state index in [0.29, 0.717) is 5.56 Å². The van der Waals surface area contributed by atoms with Gasteiger partial charge in [0.2, 0.25) is 0 Å². The van der Waals surface area contributed by atoms with Crippen molar-refractivity contribution in [3.63, 3.8) is 0 Å². The van der Waals surface area contributed by atoms with Crippen LogP contribution in [0.25, 0.3) is 0 Å². The van der Waals surface area contributed by atoms with E-state index in [1.54, 1.807) is 20.2 Å². The summed E-state index contributed by atoms with van der Waals surface area (Å²) < 4.78 is 31.9. The SMILES string of the molecule is COC(=O)c1cccc(NS(=O)(=O)c2ccc(C(=O)N(C)C)cc2)c1. The maximum Gasteiger partial charge on any atom is 0.337 e. The second kappa shape index (κ2) is 7.35. The molecule has 0 unspecified atom stereocenters. The molecule has 0 heterocycles. The quantitative estimate of drug-likeness (QED) is 0.821. The Balaban J connectivity index is 2.25. The van der Waals surface area contributed by atoms with Gasteiger partial charge >= 0.3 is 5.97 Å². The van der Waals surface area contributed by atoms with E-state index >= 15 is 0 Å². The van der Waals surface area contributed by atoms with E-state index < -0.39 is 16.0 Å². The smallest absolute Gasteiger partial charge is 0.337 e. The van der Waals surface area contributed by atoms with Gasteiger partial charge in [0.15, 0.2) is 0 Å². The molecule has 2 rings (SSSR count). The number of nitrogens with one attached hydrogen (secondary N) is 1. The summed E-state index contributed by atoms with van der Waals surface area (Å²) in [6.07, 6.45) is 0. The van der Waals surface area contributed by atoms with E-state index in [-0.39, 0.29) is 22.1 Å². The normalized spacial score (nSPS) is 10.8. The summed E-state index contributed by atoms with van der Waals surface area (Å²) in [5.74, 6) is -0.782. The van der Waals surface area contributed by atoms with Crippen molar-refractivity contribution in [2.45, 2.75) is 4.90 Å². The average molecular weight is 362 g/mol. The number of rotatable bonds is 5. The van der Waals surface area contributed by atoms with Crippen LogP contribution in [-0.2, 0) is 14.8 Å². The zero-order chi connectivity index (χ0) is 18.6. The maximum absolute atomic E-state index is 12.4. The summed E-state index contributed by atoms with van der Waals surface area (Å²) in [5, 5.41) is 0. The van der Waals surface area contributed by atoms with Crippen LogP contribution in [0.1, 0.15) is 20.7 Å². The topological polar surface area (TPSA) is 92.8 Å². The van der Waals surface area contributed by atoms with Crippen molar-refractivity contribution in [3.8, 4) is 0 Å². The van der Waals surface area contributed by atoms with Crippen LogP contribution < -0.4 is 4.72 Å². The molecule has 2 aromatic rings. The predicted octanol–water partition coefficient (Wildman–Crippen LogP) is 1.98. The van der Waals surface area contributed by atoms with Gasteiger partial charge in [-0.2, -0.15) is 0 Å². The molecule has 0 saturated heterocycles. The maximum atomic E-state index is 12.4. The van der Waals surface area contributed by atoms with E-state index in [1.165, 1.54) is 54.5 Å². The van der Waals surface area contributed by atoms with Crippen molar-refractivity contribution in [3.05, 3.63) is 59.7 Å². The van der Waals surface area contributed by atoms with Crippen molar-refractivity contribution in [1.29, 1.82) is 0 Å². The van der Waals surface area contributed by atoms with Crippen LogP contribution in [0.3, 0.4) is 0 Å². The highest BCUT2D eigenvalue weighted by atomic mass is 32.2. The Morgan fingerprint density at radius 3 is 2.20 bits per heavy atom. The third kappa shape index (κ3) is 4.36. The first kappa shape index (κ1) is 18.5. The molecule has 8 heteroatoms. The molecule has 0 radical (unpaired) electrons. The minimum absolute atomic E-state index is 0.00581. The predicted molar refractivity (Wildman–Crippen MR) is 93.0 cm³/mol. The van der Waals surface area contributed by atoms with Crippen LogP contribution in [0.2, 0.25) is 0 Å². The molecular weight excluding hydrogens is 344 g/mol. The summed E-state index contributed by atoms with van der Waals surface area (Å²) in [5.41, 5.74) is 0.850. The van der Waals surface area contributed by atoms with Crippen molar-refractivity contribution < 1.29 is 22.7 Å². The van der Waals surface area contributed by atoms with E-state index in [1.807, 2.05) is 0 Å². The van der Waals surface area contributed by atoms with Crippen LogP contribution in [-0.4, -0.2) is 46.4 Å². The van der Waals surface area contributed by atoms with Crippen LogP contribution in [0.15, 0.2) is 53.4 Å². The highest BCUT2D eigenvalue weighted by Crippen LogP contribution is 2.18. The lowest BCUT2D eigenvalue weighted by Gasteiger charge is -2.12. The molecule has 0 atom stereocenters. The van der Waals surface area contributed by atoms with Crippen molar-refractivity contribution in [2.75, 3.05) is 25.9 Å². The van der Waals surface area contributed by atoms with Gasteiger partial charge in [-0.15, -0.1) is 0 Å². The van der Waals surface area contributed by atoms with Gasteiger partial charge in [-0.1, -0.05) is 6.07 Å². The number of amides is 1. The van der Waals surface area contributed by atoms with Crippen molar-refractivity contribution in [1.82, 2.24) is 4.90 Å². The lowest BCUT2D eigenvalue weighted by molar-refractivity contribution is 0.0600. The number of carbonyl (C=O) groups is 2. The van der Waals surface area contributed by atoms with E-state index in [9.17, 15) is 18.0 Å². The van der Waals surface area contributed by atoms with E-state index in [0.717, 1.165) is 0 Å². The molecule has 1 N–H and O–H groups in total. The summed E-state index contributed by atoms with van der Waals surface area (Å²) in [4.78, 5) is 24.8. The molecule has 132 valence electrons. The second-order valence-corrected chi connectivity index (χ2v) is 7.08. The van der Waals surface area contributed by atoms with Gasteiger partial charge in [0.1, 0.15) is 0 Å². The molecule has 0 aliphatic heterocycles. The number of esters is 1. The van der Waals surface area contributed by atoms with Gasteiger partial charge in [0.05, 0.1) is 17.6 Å². The second-order valence-electron chi connectivity index (χ2n) is 5.40. The zero-order valence-electron chi connectivity index (χ0n) is 14.0. The molecule has 25 heavy (non-hydrogen) atoms. The van der Waals surface area contributed by atoms with E-state index in [2.05, 4.69) is 9.46 Å². The Labute approximate surface area is 146 Å². The Morgan fingerprint density at radius 2 is 1.64 bits per heavy atom. The molecule has 0 aromatic heterocycles. The van der Waals surface area contributed by atoms with Crippen LogP contribution in [0.5, 0.6) is 0 Å². The number of carbonyl (C=O) groups excluding carboxylic acids is 2. The summed E-state index contributed by atoms with van der Waals surface area (Å²) >= 11 is 0. The minimum Gasteiger partial charge on any atom is -0.465 e. The van der Waals surface area contributed by atoms with Crippen LogP contribution in [0, 0.1) is 0 Å². The Hall–Kier alpha value is -2.87. The van der Waals surface area contributed by atoms with Crippen molar-refractivity contribution >= 4 is 27.6 Å². The molecule has 1 amide bonds. The van der Waals surface area contributed by atoms with Gasteiger partial charge < -0.3 is 9.64 Å². The summed E-state index contributed by atoms with van der Waals surface area (Å²) in [7, 11) is 0.621. The monoisotopic (exact) mass is 362 g/mol. The molecule has 0 bridgehead atoms. The minimum atomic E-state index is -3.85. The lowest BCUT2D eigenvalue weighted by Crippen LogP contribution is -2.21.